The van der Waals surface area contributed by atoms with Gasteiger partial charge in [0.25, 0.3) is 5.91 Å². The normalized spacial score (nSPS) is 13.8. The second-order valence-electron chi connectivity index (χ2n) is 5.04. The predicted octanol–water partition coefficient (Wildman–Crippen LogP) is 2.05. The summed E-state index contributed by atoms with van der Waals surface area (Å²) in [6, 6.07) is 11.2. The molecule has 2 aromatic rings. The summed E-state index contributed by atoms with van der Waals surface area (Å²) in [5.41, 5.74) is 2.50. The highest BCUT2D eigenvalue weighted by molar-refractivity contribution is 5.95. The van der Waals surface area contributed by atoms with Crippen LogP contribution in [-0.4, -0.2) is 28.1 Å². The van der Waals surface area contributed by atoms with E-state index in [-0.39, 0.29) is 11.9 Å². The average Bonchev–Trinajstić information content (AvgIpc) is 2.86. The minimum Gasteiger partial charge on any atom is -0.391 e. The van der Waals surface area contributed by atoms with Gasteiger partial charge in [0.2, 0.25) is 0 Å². The first kappa shape index (κ1) is 14.3. The lowest BCUT2D eigenvalue weighted by atomic mass is 10.0. The van der Waals surface area contributed by atoms with E-state index in [1.165, 1.54) is 0 Å². The Kier molecular flexibility index (Phi) is 4.58. The van der Waals surface area contributed by atoms with Crippen LogP contribution in [-0.2, 0) is 6.42 Å². The van der Waals surface area contributed by atoms with Gasteiger partial charge in [-0.3, -0.25) is 4.79 Å². The van der Waals surface area contributed by atoms with E-state index in [9.17, 15) is 9.90 Å². The second kappa shape index (κ2) is 6.39. The summed E-state index contributed by atoms with van der Waals surface area (Å²) in [4.78, 5) is 15.0. The van der Waals surface area contributed by atoms with Gasteiger partial charge in [-0.05, 0) is 25.5 Å². The molecule has 0 aliphatic carbocycles. The van der Waals surface area contributed by atoms with Crippen molar-refractivity contribution in [3.8, 4) is 0 Å². The maximum absolute atomic E-state index is 12.1. The molecule has 0 saturated carbocycles. The molecule has 0 spiro atoms. The van der Waals surface area contributed by atoms with Gasteiger partial charge in [0.15, 0.2) is 0 Å². The zero-order valence-electron chi connectivity index (χ0n) is 11.8. The van der Waals surface area contributed by atoms with Crippen LogP contribution in [0.25, 0.3) is 0 Å². The Labute approximate surface area is 118 Å². The van der Waals surface area contributed by atoms with E-state index < -0.39 is 6.10 Å². The van der Waals surface area contributed by atoms with Gasteiger partial charge in [-0.25, -0.2) is 0 Å². The highest BCUT2D eigenvalue weighted by Gasteiger charge is 2.19. The smallest absolute Gasteiger partial charge is 0.253 e. The highest BCUT2D eigenvalue weighted by atomic mass is 16.3. The number of benzene rings is 1. The van der Waals surface area contributed by atoms with Gasteiger partial charge < -0.3 is 15.4 Å². The molecule has 0 saturated heterocycles. The number of nitrogens with one attached hydrogen (secondary N) is 2. The van der Waals surface area contributed by atoms with E-state index in [2.05, 4.69) is 10.3 Å². The van der Waals surface area contributed by atoms with Gasteiger partial charge in [0.05, 0.1) is 17.7 Å². The van der Waals surface area contributed by atoms with Gasteiger partial charge in [0.1, 0.15) is 0 Å². The van der Waals surface area contributed by atoms with Crippen molar-refractivity contribution in [3.63, 3.8) is 0 Å². The Balaban J connectivity index is 1.93. The van der Waals surface area contributed by atoms with Crippen molar-refractivity contribution in [1.82, 2.24) is 10.3 Å². The van der Waals surface area contributed by atoms with E-state index in [0.717, 1.165) is 11.3 Å². The molecular weight excluding hydrogens is 252 g/mol. The molecule has 2 unspecified atom stereocenters. The Morgan fingerprint density at radius 2 is 2.00 bits per heavy atom. The zero-order chi connectivity index (χ0) is 14.5. The first-order valence-corrected chi connectivity index (χ1v) is 6.74. The number of rotatable bonds is 5. The van der Waals surface area contributed by atoms with Crippen LogP contribution in [0.1, 0.15) is 28.5 Å². The molecule has 0 bridgehead atoms. The molecule has 2 rings (SSSR count). The summed E-state index contributed by atoms with van der Waals surface area (Å²) >= 11 is 0. The monoisotopic (exact) mass is 272 g/mol. The molecule has 4 heteroatoms. The standard InChI is InChI=1S/C16H20N2O2/c1-11-14(8-9-17-11)16(20)18-12(2)15(19)10-13-6-4-3-5-7-13/h3-9,12,15,17,19H,10H2,1-2H3,(H,18,20). The van der Waals surface area contributed by atoms with Crippen LogP contribution >= 0.6 is 0 Å². The number of aromatic nitrogens is 1. The molecule has 20 heavy (non-hydrogen) atoms. The molecule has 0 aliphatic heterocycles. The van der Waals surface area contributed by atoms with Crippen LogP contribution in [0.5, 0.6) is 0 Å². The lowest BCUT2D eigenvalue weighted by molar-refractivity contribution is 0.0851. The Morgan fingerprint density at radius 1 is 1.30 bits per heavy atom. The molecule has 1 aromatic heterocycles. The quantitative estimate of drug-likeness (QED) is 0.780. The van der Waals surface area contributed by atoms with Crippen molar-refractivity contribution in [2.24, 2.45) is 0 Å². The Hall–Kier alpha value is -2.07. The van der Waals surface area contributed by atoms with Crippen molar-refractivity contribution in [2.45, 2.75) is 32.4 Å². The number of carbonyl (C=O) groups is 1. The summed E-state index contributed by atoms with van der Waals surface area (Å²) in [5, 5.41) is 13.0. The van der Waals surface area contributed by atoms with E-state index in [0.29, 0.717) is 12.0 Å². The van der Waals surface area contributed by atoms with Crippen LogP contribution in [0.4, 0.5) is 0 Å². The molecule has 0 radical (unpaired) electrons. The molecule has 0 aliphatic rings. The number of H-pyrrole nitrogens is 1. The number of aryl methyl sites for hydroxylation is 1. The molecule has 1 aromatic carbocycles. The van der Waals surface area contributed by atoms with E-state index in [4.69, 9.17) is 0 Å². The van der Waals surface area contributed by atoms with Crippen molar-refractivity contribution in [1.29, 1.82) is 0 Å². The van der Waals surface area contributed by atoms with Crippen LogP contribution in [0.15, 0.2) is 42.6 Å². The van der Waals surface area contributed by atoms with Gasteiger partial charge in [-0.2, -0.15) is 0 Å². The van der Waals surface area contributed by atoms with Crippen LogP contribution in [0, 0.1) is 6.92 Å². The van der Waals surface area contributed by atoms with Gasteiger partial charge >= 0.3 is 0 Å². The zero-order valence-corrected chi connectivity index (χ0v) is 11.8. The molecule has 0 fully saturated rings. The maximum atomic E-state index is 12.1. The number of amides is 1. The number of aliphatic hydroxyl groups is 1. The number of aliphatic hydroxyl groups excluding tert-OH is 1. The minimum absolute atomic E-state index is 0.164. The molecular formula is C16H20N2O2. The van der Waals surface area contributed by atoms with Crippen molar-refractivity contribution in [3.05, 3.63) is 59.4 Å². The minimum atomic E-state index is -0.611. The number of carbonyl (C=O) groups excluding carboxylic acids is 1. The summed E-state index contributed by atoms with van der Waals surface area (Å²) in [6.45, 7) is 3.66. The fraction of sp³-hybridized carbons (Fsp3) is 0.312. The Morgan fingerprint density at radius 3 is 2.60 bits per heavy atom. The van der Waals surface area contributed by atoms with Crippen molar-refractivity contribution < 1.29 is 9.90 Å². The first-order valence-electron chi connectivity index (χ1n) is 6.74. The summed E-state index contributed by atoms with van der Waals surface area (Å²) in [5.74, 6) is -0.164. The topological polar surface area (TPSA) is 65.1 Å². The summed E-state index contributed by atoms with van der Waals surface area (Å²) < 4.78 is 0. The second-order valence-corrected chi connectivity index (χ2v) is 5.04. The largest absolute Gasteiger partial charge is 0.391 e. The fourth-order valence-electron chi connectivity index (χ4n) is 2.11. The van der Waals surface area contributed by atoms with Gasteiger partial charge in [-0.1, -0.05) is 30.3 Å². The summed E-state index contributed by atoms with van der Waals surface area (Å²) in [7, 11) is 0. The van der Waals surface area contributed by atoms with Crippen LogP contribution in [0.2, 0.25) is 0 Å². The van der Waals surface area contributed by atoms with E-state index in [1.54, 1.807) is 12.3 Å². The molecule has 106 valence electrons. The Bertz CT molecular complexity index is 563. The fourth-order valence-corrected chi connectivity index (χ4v) is 2.11. The van der Waals surface area contributed by atoms with Gasteiger partial charge in [-0.15, -0.1) is 0 Å². The molecule has 4 nitrogen and oxygen atoms in total. The van der Waals surface area contributed by atoms with E-state index in [1.807, 2.05) is 44.2 Å². The molecule has 3 N–H and O–H groups in total. The number of hydrogen-bond acceptors (Lipinski definition) is 2. The van der Waals surface area contributed by atoms with E-state index >= 15 is 0 Å². The third kappa shape index (κ3) is 3.48. The van der Waals surface area contributed by atoms with Crippen LogP contribution < -0.4 is 5.32 Å². The van der Waals surface area contributed by atoms with Crippen molar-refractivity contribution >= 4 is 5.91 Å². The first-order chi connectivity index (χ1) is 9.58. The lowest BCUT2D eigenvalue weighted by Crippen LogP contribution is -2.42. The maximum Gasteiger partial charge on any atom is 0.253 e. The lowest BCUT2D eigenvalue weighted by Gasteiger charge is -2.20. The summed E-state index contributed by atoms with van der Waals surface area (Å²) in [6.07, 6.45) is 1.64. The number of aromatic amines is 1. The predicted molar refractivity (Wildman–Crippen MR) is 78.6 cm³/mol. The highest BCUT2D eigenvalue weighted by Crippen LogP contribution is 2.08. The SMILES string of the molecule is Cc1[nH]ccc1C(=O)NC(C)C(O)Cc1ccccc1. The average molecular weight is 272 g/mol. The van der Waals surface area contributed by atoms with Gasteiger partial charge in [0, 0.05) is 18.3 Å². The molecule has 1 amide bonds. The number of hydrogen-bond donors (Lipinski definition) is 3. The molecule has 2 atom stereocenters. The third-order valence-corrected chi connectivity index (χ3v) is 3.42. The van der Waals surface area contributed by atoms with Crippen LogP contribution in [0.3, 0.4) is 0 Å². The molecule has 1 heterocycles. The third-order valence-electron chi connectivity index (χ3n) is 3.42. The van der Waals surface area contributed by atoms with Crippen molar-refractivity contribution in [2.75, 3.05) is 0 Å².